The van der Waals surface area contributed by atoms with Gasteiger partial charge in [-0.25, -0.2) is 0 Å². The van der Waals surface area contributed by atoms with Gasteiger partial charge in [-0.15, -0.1) is 24.0 Å². The molecular weight excluding hydrogens is 491 g/mol. The van der Waals surface area contributed by atoms with Crippen LogP contribution in [-0.2, 0) is 4.79 Å². The lowest BCUT2D eigenvalue weighted by Gasteiger charge is -2.37. The predicted molar refractivity (Wildman–Crippen MR) is 137 cm³/mol. The van der Waals surface area contributed by atoms with Gasteiger partial charge in [-0.05, 0) is 52.0 Å². The molecule has 176 valence electrons. The van der Waals surface area contributed by atoms with Crippen LogP contribution in [0.15, 0.2) is 4.99 Å². The van der Waals surface area contributed by atoms with Gasteiger partial charge < -0.3 is 20.4 Å². The summed E-state index contributed by atoms with van der Waals surface area (Å²) in [5.41, 5.74) is 0. The Morgan fingerprint density at radius 3 is 2.37 bits per heavy atom. The Hall–Kier alpha value is -0.610. The third-order valence-electron chi connectivity index (χ3n) is 5.55. The monoisotopic (exact) mass is 536 g/mol. The van der Waals surface area contributed by atoms with E-state index in [1.807, 2.05) is 13.8 Å². The largest absolute Gasteiger partial charge is 0.357 e. The zero-order chi connectivity index (χ0) is 21.2. The smallest absolute Gasteiger partial charge is 0.234 e. The number of rotatable bonds is 8. The van der Waals surface area contributed by atoms with Crippen LogP contribution in [0.2, 0.25) is 0 Å². The molecule has 0 aromatic carbocycles. The van der Waals surface area contributed by atoms with Crippen LogP contribution in [0, 0.1) is 11.8 Å². The molecule has 0 aromatic rings. The fourth-order valence-corrected chi connectivity index (χ4v) is 4.31. The first kappa shape index (κ1) is 27.4. The summed E-state index contributed by atoms with van der Waals surface area (Å²) in [6, 6.07) is 0.201. The van der Waals surface area contributed by atoms with E-state index in [4.69, 9.17) is 4.99 Å². The van der Waals surface area contributed by atoms with Crippen molar-refractivity contribution in [3.8, 4) is 0 Å². The molecule has 2 aliphatic rings. The van der Waals surface area contributed by atoms with E-state index < -0.39 is 0 Å². The van der Waals surface area contributed by atoms with Crippen LogP contribution in [0.1, 0.15) is 47.5 Å². The third-order valence-corrected chi connectivity index (χ3v) is 5.55. The van der Waals surface area contributed by atoms with Crippen LogP contribution in [0.4, 0.5) is 0 Å². The van der Waals surface area contributed by atoms with Crippen molar-refractivity contribution in [2.45, 2.75) is 53.5 Å². The molecule has 2 fully saturated rings. The van der Waals surface area contributed by atoms with E-state index in [1.165, 1.54) is 32.5 Å². The molecule has 0 radical (unpaired) electrons. The Balaban J connectivity index is 0.00000450. The quantitative estimate of drug-likeness (QED) is 0.283. The average molecular weight is 537 g/mol. The molecule has 0 saturated carbocycles. The maximum Gasteiger partial charge on any atom is 0.234 e. The number of piperidine rings is 1. The van der Waals surface area contributed by atoms with Crippen LogP contribution < -0.4 is 10.6 Å². The van der Waals surface area contributed by atoms with Gasteiger partial charge in [0.1, 0.15) is 0 Å². The van der Waals surface area contributed by atoms with Crippen LogP contribution >= 0.6 is 24.0 Å². The first-order valence-corrected chi connectivity index (χ1v) is 11.6. The van der Waals surface area contributed by atoms with Crippen molar-refractivity contribution in [1.82, 2.24) is 25.3 Å². The number of nitrogens with one attached hydrogen (secondary N) is 2. The Kier molecular flexibility index (Phi) is 13.2. The van der Waals surface area contributed by atoms with E-state index >= 15 is 0 Å². The summed E-state index contributed by atoms with van der Waals surface area (Å²) in [6.45, 7) is 20.3. The molecule has 2 saturated heterocycles. The van der Waals surface area contributed by atoms with Gasteiger partial charge in [0.05, 0.1) is 6.54 Å². The van der Waals surface area contributed by atoms with E-state index in [2.05, 4.69) is 46.1 Å². The number of hydrogen-bond donors (Lipinski definition) is 2. The standard InChI is InChI=1S/C22H44N6O.HI/c1-6-23-22(24-14-20-8-7-9-27(16-20)15-18(2)3)28-12-10-26(11-13-28)17-21(29)25-19(4)5;/h18-20H,6-17H2,1-5H3,(H,23,24)(H,25,29);1H. The predicted octanol–water partition coefficient (Wildman–Crippen LogP) is 2.08. The summed E-state index contributed by atoms with van der Waals surface area (Å²) in [7, 11) is 0. The molecule has 8 heteroatoms. The summed E-state index contributed by atoms with van der Waals surface area (Å²) in [5, 5.41) is 6.46. The van der Waals surface area contributed by atoms with Gasteiger partial charge in [-0.3, -0.25) is 14.7 Å². The fraction of sp³-hybridized carbons (Fsp3) is 0.909. The van der Waals surface area contributed by atoms with Crippen LogP contribution in [0.3, 0.4) is 0 Å². The normalized spacial score (nSPS) is 21.6. The molecule has 30 heavy (non-hydrogen) atoms. The van der Waals surface area contributed by atoms with Crippen molar-refractivity contribution in [2.24, 2.45) is 16.8 Å². The minimum Gasteiger partial charge on any atom is -0.357 e. The highest BCUT2D eigenvalue weighted by Gasteiger charge is 2.23. The summed E-state index contributed by atoms with van der Waals surface area (Å²) >= 11 is 0. The van der Waals surface area contributed by atoms with Gasteiger partial charge in [0, 0.05) is 58.4 Å². The van der Waals surface area contributed by atoms with Crippen molar-refractivity contribution in [2.75, 3.05) is 65.4 Å². The molecule has 0 bridgehead atoms. The fourth-order valence-electron chi connectivity index (χ4n) is 4.31. The Morgan fingerprint density at radius 1 is 1.07 bits per heavy atom. The van der Waals surface area contributed by atoms with E-state index in [0.29, 0.717) is 12.5 Å². The first-order valence-electron chi connectivity index (χ1n) is 11.6. The number of guanidine groups is 1. The lowest BCUT2D eigenvalue weighted by atomic mass is 9.97. The molecule has 2 aliphatic heterocycles. The summed E-state index contributed by atoms with van der Waals surface area (Å²) < 4.78 is 0. The van der Waals surface area contributed by atoms with Gasteiger partial charge in [-0.1, -0.05) is 13.8 Å². The molecular formula is C22H45IN6O. The number of hydrogen-bond acceptors (Lipinski definition) is 4. The van der Waals surface area contributed by atoms with Crippen molar-refractivity contribution < 1.29 is 4.79 Å². The zero-order valence-electron chi connectivity index (χ0n) is 19.8. The lowest BCUT2D eigenvalue weighted by molar-refractivity contribution is -0.123. The number of carbonyl (C=O) groups excluding carboxylic acids is 1. The van der Waals surface area contributed by atoms with Crippen molar-refractivity contribution in [1.29, 1.82) is 0 Å². The molecule has 0 aromatic heterocycles. The number of halogens is 1. The number of likely N-dealkylation sites (tertiary alicyclic amines) is 1. The summed E-state index contributed by atoms with van der Waals surface area (Å²) in [6.07, 6.45) is 2.58. The summed E-state index contributed by atoms with van der Waals surface area (Å²) in [5.74, 6) is 2.56. The average Bonchev–Trinajstić information content (AvgIpc) is 2.65. The third kappa shape index (κ3) is 10.1. The number of nitrogens with zero attached hydrogens (tertiary/aromatic N) is 4. The van der Waals surface area contributed by atoms with Crippen LogP contribution in [0.5, 0.6) is 0 Å². The minimum absolute atomic E-state index is 0. The Bertz CT molecular complexity index is 520. The van der Waals surface area contributed by atoms with Gasteiger partial charge in [0.15, 0.2) is 5.96 Å². The van der Waals surface area contributed by atoms with Gasteiger partial charge >= 0.3 is 0 Å². The molecule has 1 atom stereocenters. The second kappa shape index (κ2) is 14.5. The van der Waals surface area contributed by atoms with E-state index in [0.717, 1.165) is 51.1 Å². The second-order valence-electron chi connectivity index (χ2n) is 9.34. The maximum absolute atomic E-state index is 12.0. The second-order valence-corrected chi connectivity index (χ2v) is 9.34. The zero-order valence-corrected chi connectivity index (χ0v) is 22.2. The SMILES string of the molecule is CCNC(=NCC1CCCN(CC(C)C)C1)N1CCN(CC(=O)NC(C)C)CC1.I. The van der Waals surface area contributed by atoms with Crippen LogP contribution in [-0.4, -0.2) is 98.1 Å². The lowest BCUT2D eigenvalue weighted by Crippen LogP contribution is -2.54. The van der Waals surface area contributed by atoms with Crippen molar-refractivity contribution >= 4 is 35.8 Å². The van der Waals surface area contributed by atoms with Crippen molar-refractivity contribution in [3.63, 3.8) is 0 Å². The van der Waals surface area contributed by atoms with Gasteiger partial charge in [0.25, 0.3) is 0 Å². The van der Waals surface area contributed by atoms with E-state index in [-0.39, 0.29) is 35.9 Å². The molecule has 1 unspecified atom stereocenters. The first-order chi connectivity index (χ1) is 13.9. The van der Waals surface area contributed by atoms with Crippen LogP contribution in [0.25, 0.3) is 0 Å². The van der Waals surface area contributed by atoms with Gasteiger partial charge in [-0.2, -0.15) is 0 Å². The molecule has 0 aliphatic carbocycles. The maximum atomic E-state index is 12.0. The topological polar surface area (TPSA) is 63.2 Å². The highest BCUT2D eigenvalue weighted by atomic mass is 127. The summed E-state index contributed by atoms with van der Waals surface area (Å²) in [4.78, 5) is 24.2. The molecule has 2 N–H and O–H groups in total. The Morgan fingerprint density at radius 2 is 1.77 bits per heavy atom. The number of aliphatic imine (C=N–C) groups is 1. The molecule has 7 nitrogen and oxygen atoms in total. The number of carbonyl (C=O) groups is 1. The minimum atomic E-state index is 0. The molecule has 2 rings (SSSR count). The highest BCUT2D eigenvalue weighted by molar-refractivity contribution is 14.0. The molecule has 1 amide bonds. The highest BCUT2D eigenvalue weighted by Crippen LogP contribution is 2.18. The molecule has 0 spiro atoms. The molecule has 2 heterocycles. The Labute approximate surface area is 201 Å². The van der Waals surface area contributed by atoms with E-state index in [1.54, 1.807) is 0 Å². The van der Waals surface area contributed by atoms with E-state index in [9.17, 15) is 4.79 Å². The number of piperazine rings is 1. The van der Waals surface area contributed by atoms with Gasteiger partial charge in [0.2, 0.25) is 5.91 Å². The number of amides is 1. The van der Waals surface area contributed by atoms with Crippen molar-refractivity contribution in [3.05, 3.63) is 0 Å².